The van der Waals surface area contributed by atoms with Crippen LogP contribution in [-0.4, -0.2) is 11.5 Å². The van der Waals surface area contributed by atoms with Crippen molar-refractivity contribution in [3.05, 3.63) is 28.3 Å². The van der Waals surface area contributed by atoms with Gasteiger partial charge in [0.05, 0.1) is 0 Å². The number of rotatable bonds is 3. The summed E-state index contributed by atoms with van der Waals surface area (Å²) in [6.45, 7) is 7.04. The second-order valence-corrected chi connectivity index (χ2v) is 4.73. The molecular formula is C12H16ClNO2. The Morgan fingerprint density at radius 1 is 1.31 bits per heavy atom. The Hall–Kier alpha value is -1.22. The third-order valence-corrected chi connectivity index (χ3v) is 2.97. The van der Waals surface area contributed by atoms with Crippen LogP contribution in [0.3, 0.4) is 0 Å². The van der Waals surface area contributed by atoms with Crippen molar-refractivity contribution in [2.75, 3.05) is 0 Å². The maximum Gasteiger partial charge on any atom is 0.261 e. The van der Waals surface area contributed by atoms with Gasteiger partial charge < -0.3 is 10.5 Å². The average molecular weight is 242 g/mol. The fourth-order valence-corrected chi connectivity index (χ4v) is 1.42. The minimum Gasteiger partial charge on any atom is -0.478 e. The number of carbonyl (C=O) groups excluding carboxylic acids is 1. The van der Waals surface area contributed by atoms with Gasteiger partial charge in [-0.15, -0.1) is 0 Å². The Kier molecular flexibility index (Phi) is 3.48. The van der Waals surface area contributed by atoms with Gasteiger partial charge in [0.25, 0.3) is 5.91 Å². The molecule has 2 N–H and O–H groups in total. The van der Waals surface area contributed by atoms with Gasteiger partial charge in [-0.1, -0.05) is 11.6 Å². The number of nitrogens with two attached hydrogens (primary N) is 1. The fourth-order valence-electron chi connectivity index (χ4n) is 1.31. The van der Waals surface area contributed by atoms with E-state index in [9.17, 15) is 4.79 Å². The van der Waals surface area contributed by atoms with Crippen LogP contribution in [0.2, 0.25) is 5.02 Å². The van der Waals surface area contributed by atoms with Gasteiger partial charge in [-0.25, -0.2) is 0 Å². The highest BCUT2D eigenvalue weighted by Gasteiger charge is 2.27. The molecule has 0 aliphatic rings. The van der Waals surface area contributed by atoms with E-state index in [2.05, 4.69) is 0 Å². The molecule has 16 heavy (non-hydrogen) atoms. The molecule has 0 bridgehead atoms. The lowest BCUT2D eigenvalue weighted by Crippen LogP contribution is -2.43. The molecule has 0 saturated carbocycles. The monoisotopic (exact) mass is 241 g/mol. The molecule has 0 aliphatic carbocycles. The van der Waals surface area contributed by atoms with E-state index in [-0.39, 0.29) is 0 Å². The van der Waals surface area contributed by atoms with Gasteiger partial charge in [0.15, 0.2) is 5.60 Å². The second kappa shape index (κ2) is 4.34. The minimum absolute atomic E-state index is 0.502. The topological polar surface area (TPSA) is 52.3 Å². The van der Waals surface area contributed by atoms with Gasteiger partial charge in [-0.3, -0.25) is 4.79 Å². The van der Waals surface area contributed by atoms with Crippen LogP contribution in [0, 0.1) is 13.8 Å². The number of benzene rings is 1. The SMILES string of the molecule is Cc1cc(OC(C)(C)C(N)=O)cc(C)c1Cl. The van der Waals surface area contributed by atoms with E-state index < -0.39 is 11.5 Å². The smallest absolute Gasteiger partial charge is 0.261 e. The molecule has 0 heterocycles. The predicted octanol–water partition coefficient (Wildman–Crippen LogP) is 2.60. The van der Waals surface area contributed by atoms with Crippen molar-refractivity contribution in [2.24, 2.45) is 5.73 Å². The van der Waals surface area contributed by atoms with Gasteiger partial charge >= 0.3 is 0 Å². The van der Waals surface area contributed by atoms with Crippen molar-refractivity contribution in [1.29, 1.82) is 0 Å². The van der Waals surface area contributed by atoms with E-state index in [1.54, 1.807) is 26.0 Å². The average Bonchev–Trinajstić information content (AvgIpc) is 2.13. The van der Waals surface area contributed by atoms with Crippen LogP contribution in [0.1, 0.15) is 25.0 Å². The Bertz CT molecular complexity index is 404. The molecule has 1 aromatic rings. The fraction of sp³-hybridized carbons (Fsp3) is 0.417. The first-order valence-corrected chi connectivity index (χ1v) is 5.37. The van der Waals surface area contributed by atoms with Gasteiger partial charge in [-0.05, 0) is 51.0 Å². The van der Waals surface area contributed by atoms with Crippen molar-refractivity contribution in [3.8, 4) is 5.75 Å². The highest BCUT2D eigenvalue weighted by molar-refractivity contribution is 6.32. The summed E-state index contributed by atoms with van der Waals surface area (Å²) in [4.78, 5) is 11.1. The van der Waals surface area contributed by atoms with Crippen LogP contribution in [0.25, 0.3) is 0 Å². The van der Waals surface area contributed by atoms with E-state index in [4.69, 9.17) is 22.1 Å². The molecule has 0 atom stereocenters. The zero-order valence-electron chi connectivity index (χ0n) is 9.93. The zero-order chi connectivity index (χ0) is 12.5. The van der Waals surface area contributed by atoms with E-state index in [0.29, 0.717) is 10.8 Å². The van der Waals surface area contributed by atoms with Crippen molar-refractivity contribution in [1.82, 2.24) is 0 Å². The van der Waals surface area contributed by atoms with Crippen LogP contribution in [0.15, 0.2) is 12.1 Å². The number of aryl methyl sites for hydroxylation is 2. The summed E-state index contributed by atoms with van der Waals surface area (Å²) in [5.74, 6) is 0.0981. The lowest BCUT2D eigenvalue weighted by molar-refractivity contribution is -0.130. The third kappa shape index (κ3) is 2.67. The maximum atomic E-state index is 11.1. The van der Waals surface area contributed by atoms with E-state index >= 15 is 0 Å². The normalized spacial score (nSPS) is 11.3. The summed E-state index contributed by atoms with van der Waals surface area (Å²) in [6.07, 6.45) is 0. The van der Waals surface area contributed by atoms with Crippen molar-refractivity contribution >= 4 is 17.5 Å². The molecule has 1 aromatic carbocycles. The number of carbonyl (C=O) groups is 1. The van der Waals surface area contributed by atoms with Crippen molar-refractivity contribution in [3.63, 3.8) is 0 Å². The summed E-state index contributed by atoms with van der Waals surface area (Å²) in [5, 5.41) is 0.712. The van der Waals surface area contributed by atoms with Crippen LogP contribution < -0.4 is 10.5 Å². The molecule has 0 fully saturated rings. The van der Waals surface area contributed by atoms with Crippen LogP contribution >= 0.6 is 11.6 Å². The first-order chi connectivity index (χ1) is 7.24. The number of ether oxygens (including phenoxy) is 1. The molecule has 0 aliphatic heterocycles. The first kappa shape index (κ1) is 12.8. The lowest BCUT2D eigenvalue weighted by Gasteiger charge is -2.23. The Labute approximate surface area is 101 Å². The number of hydrogen-bond donors (Lipinski definition) is 1. The van der Waals surface area contributed by atoms with Crippen LogP contribution in [0.4, 0.5) is 0 Å². The van der Waals surface area contributed by atoms with Crippen LogP contribution in [-0.2, 0) is 4.79 Å². The summed E-state index contributed by atoms with van der Waals surface area (Å²) in [6, 6.07) is 3.58. The van der Waals surface area contributed by atoms with Crippen molar-refractivity contribution in [2.45, 2.75) is 33.3 Å². The number of amides is 1. The summed E-state index contributed by atoms with van der Waals surface area (Å²) < 4.78 is 5.55. The molecule has 0 radical (unpaired) electrons. The molecule has 4 heteroatoms. The molecule has 3 nitrogen and oxygen atoms in total. The largest absolute Gasteiger partial charge is 0.478 e. The molecule has 1 amide bonds. The molecule has 0 saturated heterocycles. The summed E-state index contributed by atoms with van der Waals surface area (Å²) in [5.41, 5.74) is 6.04. The summed E-state index contributed by atoms with van der Waals surface area (Å²) in [7, 11) is 0. The quantitative estimate of drug-likeness (QED) is 0.885. The van der Waals surface area contributed by atoms with E-state index in [1.807, 2.05) is 13.8 Å². The molecule has 1 rings (SSSR count). The molecule has 0 unspecified atom stereocenters. The van der Waals surface area contributed by atoms with E-state index in [0.717, 1.165) is 11.1 Å². The Morgan fingerprint density at radius 3 is 2.12 bits per heavy atom. The number of hydrogen-bond acceptors (Lipinski definition) is 2. The maximum absolute atomic E-state index is 11.1. The van der Waals surface area contributed by atoms with Gasteiger partial charge in [0, 0.05) is 5.02 Å². The zero-order valence-corrected chi connectivity index (χ0v) is 10.7. The standard InChI is InChI=1S/C12H16ClNO2/c1-7-5-9(6-8(2)10(7)13)16-12(3,4)11(14)15/h5-6H,1-4H3,(H2,14,15). The summed E-state index contributed by atoms with van der Waals surface area (Å²) >= 11 is 6.04. The lowest BCUT2D eigenvalue weighted by atomic mass is 10.1. The van der Waals surface area contributed by atoms with Gasteiger partial charge in [0.1, 0.15) is 5.75 Å². The Morgan fingerprint density at radius 2 is 1.75 bits per heavy atom. The number of primary amides is 1. The highest BCUT2D eigenvalue weighted by atomic mass is 35.5. The van der Waals surface area contributed by atoms with E-state index in [1.165, 1.54) is 0 Å². The molecule has 0 spiro atoms. The van der Waals surface area contributed by atoms with Gasteiger partial charge in [-0.2, -0.15) is 0 Å². The van der Waals surface area contributed by atoms with Crippen molar-refractivity contribution < 1.29 is 9.53 Å². The predicted molar refractivity (Wildman–Crippen MR) is 64.8 cm³/mol. The highest BCUT2D eigenvalue weighted by Crippen LogP contribution is 2.28. The second-order valence-electron chi connectivity index (χ2n) is 4.35. The number of halogens is 1. The third-order valence-electron chi connectivity index (χ3n) is 2.38. The van der Waals surface area contributed by atoms with Crippen LogP contribution in [0.5, 0.6) is 5.75 Å². The molecule has 0 aromatic heterocycles. The Balaban J connectivity index is 3.04. The molecular weight excluding hydrogens is 226 g/mol. The first-order valence-electron chi connectivity index (χ1n) is 4.99. The minimum atomic E-state index is -1.02. The van der Waals surface area contributed by atoms with Gasteiger partial charge in [0.2, 0.25) is 0 Å². The molecule has 88 valence electrons.